The van der Waals surface area contributed by atoms with E-state index in [0.717, 1.165) is 16.7 Å². The molecule has 0 fully saturated rings. The van der Waals surface area contributed by atoms with Gasteiger partial charge >= 0.3 is 0 Å². The molecule has 0 unspecified atom stereocenters. The van der Waals surface area contributed by atoms with Crippen molar-refractivity contribution in [2.24, 2.45) is 0 Å². The average molecular weight is 244 g/mol. The topological polar surface area (TPSA) is 44.0 Å². The van der Waals surface area contributed by atoms with Crippen molar-refractivity contribution in [1.29, 1.82) is 5.26 Å². The summed E-state index contributed by atoms with van der Waals surface area (Å²) in [6, 6.07) is 12.6. The van der Waals surface area contributed by atoms with Crippen molar-refractivity contribution in [2.75, 3.05) is 0 Å². The molecule has 0 aliphatic carbocycles. The van der Waals surface area contributed by atoms with Crippen LogP contribution >= 0.6 is 11.6 Å². The number of aromatic hydroxyl groups is 1. The fourth-order valence-electron chi connectivity index (χ4n) is 1.58. The summed E-state index contributed by atoms with van der Waals surface area (Å²) >= 11 is 6.05. The average Bonchev–Trinajstić information content (AvgIpc) is 2.33. The molecule has 84 valence electrons. The normalized spacial score (nSPS) is 9.94. The molecule has 0 amide bonds. The minimum absolute atomic E-state index is 0.00513. The molecule has 0 radical (unpaired) electrons. The van der Waals surface area contributed by atoms with Crippen molar-refractivity contribution in [3.8, 4) is 22.9 Å². The summed E-state index contributed by atoms with van der Waals surface area (Å²) < 4.78 is 0. The summed E-state index contributed by atoms with van der Waals surface area (Å²) in [5.74, 6) is -0.00513. The van der Waals surface area contributed by atoms with Crippen molar-refractivity contribution in [1.82, 2.24) is 0 Å². The Labute approximate surface area is 105 Å². The Bertz CT molecular complexity index is 614. The first kappa shape index (κ1) is 11.5. The molecule has 0 aliphatic rings. The van der Waals surface area contributed by atoms with Gasteiger partial charge in [-0.15, -0.1) is 0 Å². The zero-order valence-corrected chi connectivity index (χ0v) is 9.99. The number of nitriles is 1. The van der Waals surface area contributed by atoms with Crippen LogP contribution in [0, 0.1) is 18.3 Å². The minimum atomic E-state index is -0.00513. The van der Waals surface area contributed by atoms with E-state index in [1.165, 1.54) is 6.07 Å². The van der Waals surface area contributed by atoms with Crippen LogP contribution in [0.1, 0.15) is 11.1 Å². The Morgan fingerprint density at radius 3 is 2.41 bits per heavy atom. The standard InChI is InChI=1S/C14H10ClNO/c1-9-2-3-11(7-13(9)15)10-4-5-14(17)12(6-10)8-16/h2-7,17H,1H3. The maximum atomic E-state index is 9.43. The molecule has 0 saturated carbocycles. The highest BCUT2D eigenvalue weighted by Gasteiger charge is 2.05. The van der Waals surface area contributed by atoms with Crippen LogP contribution in [0.5, 0.6) is 5.75 Å². The second kappa shape index (κ2) is 4.48. The molecule has 17 heavy (non-hydrogen) atoms. The maximum Gasteiger partial charge on any atom is 0.133 e. The van der Waals surface area contributed by atoms with E-state index in [-0.39, 0.29) is 11.3 Å². The van der Waals surface area contributed by atoms with Crippen molar-refractivity contribution in [3.63, 3.8) is 0 Å². The summed E-state index contributed by atoms with van der Waals surface area (Å²) in [4.78, 5) is 0. The van der Waals surface area contributed by atoms with Crippen LogP contribution in [0.4, 0.5) is 0 Å². The highest BCUT2D eigenvalue weighted by molar-refractivity contribution is 6.31. The van der Waals surface area contributed by atoms with Crippen molar-refractivity contribution < 1.29 is 5.11 Å². The van der Waals surface area contributed by atoms with Gasteiger partial charge in [0.25, 0.3) is 0 Å². The Balaban J connectivity index is 2.54. The highest BCUT2D eigenvalue weighted by atomic mass is 35.5. The third-order valence-electron chi connectivity index (χ3n) is 2.62. The summed E-state index contributed by atoms with van der Waals surface area (Å²) in [7, 11) is 0. The van der Waals surface area contributed by atoms with Gasteiger partial charge in [-0.2, -0.15) is 5.26 Å². The van der Waals surface area contributed by atoms with Gasteiger partial charge in [0.05, 0.1) is 5.56 Å². The lowest BCUT2D eigenvalue weighted by molar-refractivity contribution is 0.473. The molecule has 0 aliphatic heterocycles. The van der Waals surface area contributed by atoms with E-state index in [0.29, 0.717) is 5.02 Å². The SMILES string of the molecule is Cc1ccc(-c2ccc(O)c(C#N)c2)cc1Cl. The number of halogens is 1. The first-order valence-electron chi connectivity index (χ1n) is 5.11. The zero-order chi connectivity index (χ0) is 12.4. The van der Waals surface area contributed by atoms with Crippen LogP contribution in [-0.4, -0.2) is 5.11 Å². The number of nitrogens with zero attached hydrogens (tertiary/aromatic N) is 1. The lowest BCUT2D eigenvalue weighted by Gasteiger charge is -2.05. The molecule has 1 N–H and O–H groups in total. The number of hydrogen-bond acceptors (Lipinski definition) is 2. The Hall–Kier alpha value is -1.98. The van der Waals surface area contributed by atoms with Crippen LogP contribution in [0.3, 0.4) is 0 Å². The quantitative estimate of drug-likeness (QED) is 0.826. The number of rotatable bonds is 1. The summed E-state index contributed by atoms with van der Waals surface area (Å²) in [5, 5.41) is 19.0. The molecule has 2 nitrogen and oxygen atoms in total. The molecule has 0 bridgehead atoms. The van der Waals surface area contributed by atoms with E-state index in [1.807, 2.05) is 31.2 Å². The van der Waals surface area contributed by atoms with Gasteiger partial charge in [0.2, 0.25) is 0 Å². The first-order chi connectivity index (χ1) is 8.11. The van der Waals surface area contributed by atoms with Gasteiger partial charge in [-0.05, 0) is 41.8 Å². The van der Waals surface area contributed by atoms with E-state index in [2.05, 4.69) is 0 Å². The van der Waals surface area contributed by atoms with Crippen LogP contribution in [0.25, 0.3) is 11.1 Å². The largest absolute Gasteiger partial charge is 0.507 e. The summed E-state index contributed by atoms with van der Waals surface area (Å²) in [5.41, 5.74) is 3.06. The predicted molar refractivity (Wildman–Crippen MR) is 68.0 cm³/mol. The third kappa shape index (κ3) is 2.25. The molecule has 0 heterocycles. The molecule has 0 atom stereocenters. The van der Waals surface area contributed by atoms with E-state index >= 15 is 0 Å². The van der Waals surface area contributed by atoms with Crippen LogP contribution in [0.15, 0.2) is 36.4 Å². The lowest BCUT2D eigenvalue weighted by Crippen LogP contribution is -1.83. The van der Waals surface area contributed by atoms with Crippen molar-refractivity contribution in [2.45, 2.75) is 6.92 Å². The molecule has 0 aromatic heterocycles. The molecule has 2 rings (SSSR count). The van der Waals surface area contributed by atoms with Gasteiger partial charge in [-0.1, -0.05) is 29.8 Å². The molecule has 0 saturated heterocycles. The molecular formula is C14H10ClNO. The first-order valence-corrected chi connectivity index (χ1v) is 5.49. The lowest BCUT2D eigenvalue weighted by atomic mass is 10.0. The highest BCUT2D eigenvalue weighted by Crippen LogP contribution is 2.28. The Kier molecular flexibility index (Phi) is 3.03. The molecular weight excluding hydrogens is 234 g/mol. The number of aryl methyl sites for hydroxylation is 1. The zero-order valence-electron chi connectivity index (χ0n) is 9.24. The monoisotopic (exact) mass is 243 g/mol. The number of benzene rings is 2. The van der Waals surface area contributed by atoms with Gasteiger partial charge in [0, 0.05) is 5.02 Å². The predicted octanol–water partition coefficient (Wildman–Crippen LogP) is 3.89. The number of phenolic OH excluding ortho intramolecular Hbond substituents is 1. The maximum absolute atomic E-state index is 9.43. The van der Waals surface area contributed by atoms with Crippen LogP contribution in [0.2, 0.25) is 5.02 Å². The minimum Gasteiger partial charge on any atom is -0.507 e. The van der Waals surface area contributed by atoms with Crippen LogP contribution in [-0.2, 0) is 0 Å². The third-order valence-corrected chi connectivity index (χ3v) is 3.03. The van der Waals surface area contributed by atoms with E-state index in [9.17, 15) is 5.11 Å². The van der Waals surface area contributed by atoms with E-state index in [1.54, 1.807) is 12.1 Å². The van der Waals surface area contributed by atoms with Crippen molar-refractivity contribution in [3.05, 3.63) is 52.5 Å². The van der Waals surface area contributed by atoms with E-state index < -0.39 is 0 Å². The second-order valence-corrected chi connectivity index (χ2v) is 4.21. The van der Waals surface area contributed by atoms with Gasteiger partial charge in [-0.3, -0.25) is 0 Å². The smallest absolute Gasteiger partial charge is 0.133 e. The van der Waals surface area contributed by atoms with Gasteiger partial charge in [0.1, 0.15) is 11.8 Å². The summed E-state index contributed by atoms with van der Waals surface area (Å²) in [6.45, 7) is 1.93. The Morgan fingerprint density at radius 1 is 1.12 bits per heavy atom. The fourth-order valence-corrected chi connectivity index (χ4v) is 1.76. The van der Waals surface area contributed by atoms with Gasteiger partial charge in [0.15, 0.2) is 0 Å². The summed E-state index contributed by atoms with van der Waals surface area (Å²) in [6.07, 6.45) is 0. The number of phenols is 1. The fraction of sp³-hybridized carbons (Fsp3) is 0.0714. The Morgan fingerprint density at radius 2 is 1.76 bits per heavy atom. The van der Waals surface area contributed by atoms with E-state index in [4.69, 9.17) is 16.9 Å². The number of hydrogen-bond donors (Lipinski definition) is 1. The van der Waals surface area contributed by atoms with Crippen LogP contribution < -0.4 is 0 Å². The second-order valence-electron chi connectivity index (χ2n) is 3.81. The molecule has 0 spiro atoms. The molecule has 2 aromatic rings. The molecule has 3 heteroatoms. The van der Waals surface area contributed by atoms with Gasteiger partial charge in [-0.25, -0.2) is 0 Å². The molecule has 2 aromatic carbocycles. The van der Waals surface area contributed by atoms with Crippen molar-refractivity contribution >= 4 is 11.6 Å². The van der Waals surface area contributed by atoms with Gasteiger partial charge < -0.3 is 5.11 Å².